The van der Waals surface area contributed by atoms with E-state index in [0.29, 0.717) is 5.02 Å². The first-order chi connectivity index (χ1) is 10.8. The zero-order valence-corrected chi connectivity index (χ0v) is 15.3. The van der Waals surface area contributed by atoms with E-state index < -0.39 is 22.2 Å². The Morgan fingerprint density at radius 3 is 2.57 bits per heavy atom. The second-order valence-electron chi connectivity index (χ2n) is 6.53. The molecule has 0 bridgehead atoms. The largest absolute Gasteiger partial charge is 0.391 e. The summed E-state index contributed by atoms with van der Waals surface area (Å²) in [5.74, 6) is 0.232. The van der Waals surface area contributed by atoms with Crippen LogP contribution in [-0.4, -0.2) is 25.7 Å². The van der Waals surface area contributed by atoms with Crippen LogP contribution in [0.2, 0.25) is 5.02 Å². The third-order valence-electron chi connectivity index (χ3n) is 4.91. The van der Waals surface area contributed by atoms with Gasteiger partial charge in [0.2, 0.25) is 10.0 Å². The molecule has 0 radical (unpaired) electrons. The van der Waals surface area contributed by atoms with Crippen LogP contribution in [0.4, 0.5) is 0 Å². The highest BCUT2D eigenvalue weighted by atomic mass is 35.5. The third kappa shape index (κ3) is 4.69. The number of aliphatic hydroxyl groups is 1. The van der Waals surface area contributed by atoms with Crippen molar-refractivity contribution in [2.24, 2.45) is 11.8 Å². The summed E-state index contributed by atoms with van der Waals surface area (Å²) in [6.45, 7) is 3.98. The molecular weight excluding hydrogens is 334 g/mol. The molecule has 0 amide bonds. The van der Waals surface area contributed by atoms with Gasteiger partial charge in [0.1, 0.15) is 0 Å². The number of sulfonamides is 1. The summed E-state index contributed by atoms with van der Waals surface area (Å²) in [6, 6.07) is 5.72. The van der Waals surface area contributed by atoms with Crippen LogP contribution < -0.4 is 4.72 Å². The first kappa shape index (κ1) is 18.7. The highest BCUT2D eigenvalue weighted by molar-refractivity contribution is 7.89. The lowest BCUT2D eigenvalue weighted by molar-refractivity contribution is 0.0587. The molecule has 23 heavy (non-hydrogen) atoms. The minimum Gasteiger partial charge on any atom is -0.391 e. The number of rotatable bonds is 7. The van der Waals surface area contributed by atoms with E-state index in [2.05, 4.69) is 4.72 Å². The second-order valence-corrected chi connectivity index (χ2v) is 8.68. The minimum absolute atomic E-state index is 0.0551. The van der Waals surface area contributed by atoms with Gasteiger partial charge in [-0.2, -0.15) is 0 Å². The summed E-state index contributed by atoms with van der Waals surface area (Å²) in [5.41, 5.74) is 0. The fraction of sp³-hybridized carbons (Fsp3) is 0.647. The van der Waals surface area contributed by atoms with E-state index in [1.807, 2.05) is 13.8 Å². The number of nitrogens with one attached hydrogen (secondary N) is 1. The number of hydrogen-bond acceptors (Lipinski definition) is 3. The predicted octanol–water partition coefficient (Wildman–Crippen LogP) is 3.58. The van der Waals surface area contributed by atoms with Gasteiger partial charge >= 0.3 is 0 Å². The summed E-state index contributed by atoms with van der Waals surface area (Å²) >= 11 is 5.90. The third-order valence-corrected chi connectivity index (χ3v) is 6.60. The molecule has 3 atom stereocenters. The molecule has 0 aromatic heterocycles. The van der Waals surface area contributed by atoms with E-state index >= 15 is 0 Å². The van der Waals surface area contributed by atoms with Crippen molar-refractivity contribution in [2.75, 3.05) is 0 Å². The molecule has 6 heteroatoms. The predicted molar refractivity (Wildman–Crippen MR) is 93.0 cm³/mol. The normalized spacial score (nSPS) is 20.3. The van der Waals surface area contributed by atoms with E-state index in [9.17, 15) is 13.5 Å². The molecule has 2 rings (SSSR count). The van der Waals surface area contributed by atoms with E-state index in [1.165, 1.54) is 12.1 Å². The molecular formula is C17H26ClNO3S. The van der Waals surface area contributed by atoms with E-state index in [1.54, 1.807) is 12.1 Å². The van der Waals surface area contributed by atoms with Crippen LogP contribution in [0.3, 0.4) is 0 Å². The van der Waals surface area contributed by atoms with Gasteiger partial charge in [0.15, 0.2) is 0 Å². The molecule has 0 aliphatic heterocycles. The van der Waals surface area contributed by atoms with E-state index in [4.69, 9.17) is 11.6 Å². The molecule has 130 valence electrons. The summed E-state index contributed by atoms with van der Waals surface area (Å²) in [5, 5.41) is 11.1. The zero-order valence-electron chi connectivity index (χ0n) is 13.7. The molecule has 1 aromatic carbocycles. The SMILES string of the molecule is CC[C@H](C)[C@H](NS(=O)(=O)c1cccc(Cl)c1)C(O)C1CCCC1. The van der Waals surface area contributed by atoms with E-state index in [-0.39, 0.29) is 16.7 Å². The lowest BCUT2D eigenvalue weighted by atomic mass is 9.87. The number of aliphatic hydroxyl groups excluding tert-OH is 1. The van der Waals surface area contributed by atoms with Gasteiger partial charge in [0, 0.05) is 5.02 Å². The average Bonchev–Trinajstić information content (AvgIpc) is 3.05. The lowest BCUT2D eigenvalue weighted by Gasteiger charge is -2.32. The van der Waals surface area contributed by atoms with Gasteiger partial charge in [0.05, 0.1) is 17.0 Å². The van der Waals surface area contributed by atoms with Crippen molar-refractivity contribution in [2.45, 2.75) is 63.0 Å². The molecule has 1 aliphatic carbocycles. The molecule has 1 unspecified atom stereocenters. The molecule has 4 nitrogen and oxygen atoms in total. The maximum Gasteiger partial charge on any atom is 0.240 e. The van der Waals surface area contributed by atoms with Gasteiger partial charge < -0.3 is 5.11 Å². The topological polar surface area (TPSA) is 66.4 Å². The summed E-state index contributed by atoms with van der Waals surface area (Å²) in [6.07, 6.45) is 4.29. The highest BCUT2D eigenvalue weighted by Crippen LogP contribution is 2.31. The first-order valence-electron chi connectivity index (χ1n) is 8.31. The van der Waals surface area contributed by atoms with Crippen molar-refractivity contribution in [3.8, 4) is 0 Å². The maximum atomic E-state index is 12.7. The van der Waals surface area contributed by atoms with Crippen LogP contribution in [0.5, 0.6) is 0 Å². The second kappa shape index (κ2) is 7.97. The molecule has 2 N–H and O–H groups in total. The quantitative estimate of drug-likeness (QED) is 0.781. The van der Waals surface area contributed by atoms with Crippen molar-refractivity contribution in [1.82, 2.24) is 4.72 Å². The van der Waals surface area contributed by atoms with Crippen molar-refractivity contribution < 1.29 is 13.5 Å². The highest BCUT2D eigenvalue weighted by Gasteiger charge is 2.35. The fourth-order valence-corrected chi connectivity index (χ4v) is 4.91. The van der Waals surface area contributed by atoms with Crippen molar-refractivity contribution in [3.63, 3.8) is 0 Å². The number of benzene rings is 1. The van der Waals surface area contributed by atoms with Gasteiger partial charge in [-0.3, -0.25) is 0 Å². The van der Waals surface area contributed by atoms with Crippen molar-refractivity contribution in [1.29, 1.82) is 0 Å². The van der Waals surface area contributed by atoms with Crippen LogP contribution in [-0.2, 0) is 10.0 Å². The number of hydrogen-bond donors (Lipinski definition) is 2. The Morgan fingerprint density at radius 1 is 1.35 bits per heavy atom. The van der Waals surface area contributed by atoms with Crippen LogP contribution in [0.15, 0.2) is 29.2 Å². The monoisotopic (exact) mass is 359 g/mol. The van der Waals surface area contributed by atoms with Crippen LogP contribution in [0.25, 0.3) is 0 Å². The zero-order chi connectivity index (χ0) is 17.0. The van der Waals surface area contributed by atoms with Gasteiger partial charge in [-0.1, -0.05) is 50.8 Å². The fourth-order valence-electron chi connectivity index (χ4n) is 3.25. The van der Waals surface area contributed by atoms with Crippen molar-refractivity contribution in [3.05, 3.63) is 29.3 Å². The molecule has 1 fully saturated rings. The standard InChI is InChI=1S/C17H26ClNO3S/c1-3-12(2)16(17(20)13-7-4-5-8-13)19-23(21,22)15-10-6-9-14(18)11-15/h6,9-13,16-17,19-20H,3-5,7-8H2,1-2H3/t12-,16-,17?/m0/s1. The Kier molecular flexibility index (Phi) is 6.48. The molecule has 0 saturated heterocycles. The Hall–Kier alpha value is -0.620. The lowest BCUT2D eigenvalue weighted by Crippen LogP contribution is -2.49. The summed E-state index contributed by atoms with van der Waals surface area (Å²) in [7, 11) is -3.71. The molecule has 1 saturated carbocycles. The minimum atomic E-state index is -3.71. The molecule has 1 aromatic rings. The average molecular weight is 360 g/mol. The van der Waals surface area contributed by atoms with Crippen LogP contribution >= 0.6 is 11.6 Å². The molecule has 0 heterocycles. The Labute approximate surface area is 144 Å². The molecule has 0 spiro atoms. The molecule has 1 aliphatic rings. The van der Waals surface area contributed by atoms with Gasteiger partial charge in [0.25, 0.3) is 0 Å². The number of halogens is 1. The Balaban J connectivity index is 2.22. The smallest absolute Gasteiger partial charge is 0.240 e. The van der Waals surface area contributed by atoms with Gasteiger partial charge in [-0.15, -0.1) is 0 Å². The van der Waals surface area contributed by atoms with Gasteiger partial charge in [-0.25, -0.2) is 13.1 Å². The van der Waals surface area contributed by atoms with Gasteiger partial charge in [-0.05, 0) is 42.9 Å². The van der Waals surface area contributed by atoms with E-state index in [0.717, 1.165) is 32.1 Å². The van der Waals surface area contributed by atoms with Crippen LogP contribution in [0, 0.1) is 11.8 Å². The summed E-state index contributed by atoms with van der Waals surface area (Å²) < 4.78 is 28.0. The summed E-state index contributed by atoms with van der Waals surface area (Å²) in [4.78, 5) is 0.136. The maximum absolute atomic E-state index is 12.7. The Bertz CT molecular complexity index is 614. The van der Waals surface area contributed by atoms with Crippen LogP contribution in [0.1, 0.15) is 46.0 Å². The Morgan fingerprint density at radius 2 is 2.00 bits per heavy atom. The van der Waals surface area contributed by atoms with Crippen molar-refractivity contribution >= 4 is 21.6 Å². The first-order valence-corrected chi connectivity index (χ1v) is 10.2.